The Bertz CT molecular complexity index is 1140. The Morgan fingerprint density at radius 1 is 0.931 bits per heavy atom. The number of rotatable bonds is 5. The van der Waals surface area contributed by atoms with E-state index in [1.54, 1.807) is 28.6 Å². The lowest BCUT2D eigenvalue weighted by Crippen LogP contribution is -3.13. The number of non-ortho nitro benzene ring substituents is 1. The molecular weight excluding hydrogens is 390 g/mol. The smallest absolute Gasteiger partial charge is 0.269 e. The van der Waals surface area contributed by atoms with Gasteiger partial charge in [-0.3, -0.25) is 10.1 Å². The van der Waals surface area contributed by atoms with Gasteiger partial charge >= 0.3 is 0 Å². The molecule has 4 rings (SSSR count). The molecule has 29 heavy (non-hydrogen) atoms. The first-order valence-electron chi connectivity index (χ1n) is 9.49. The van der Waals surface area contributed by atoms with Gasteiger partial charge in [-0.25, -0.2) is 8.42 Å². The highest BCUT2D eigenvalue weighted by Crippen LogP contribution is 2.22. The molecule has 1 aliphatic rings. The van der Waals surface area contributed by atoms with E-state index >= 15 is 0 Å². The number of fused-ring (bicyclic) bond motifs is 1. The van der Waals surface area contributed by atoms with Crippen LogP contribution in [0.2, 0.25) is 0 Å². The SMILES string of the molecule is O=[N+]([O-])c1ccc(C[NH+]2CCN(S(=O)(=O)c3ccc4ccccc4c3)CC2)cc1. The molecule has 1 N–H and O–H groups in total. The van der Waals surface area contributed by atoms with Gasteiger partial charge in [0.25, 0.3) is 5.69 Å². The van der Waals surface area contributed by atoms with Crippen molar-refractivity contribution in [2.75, 3.05) is 26.2 Å². The Hall–Kier alpha value is -2.81. The molecule has 0 saturated carbocycles. The van der Waals surface area contributed by atoms with E-state index in [-0.39, 0.29) is 5.69 Å². The van der Waals surface area contributed by atoms with Gasteiger partial charge in [-0.2, -0.15) is 4.31 Å². The number of nitro benzene ring substituents is 1. The van der Waals surface area contributed by atoms with E-state index in [1.807, 2.05) is 30.3 Å². The van der Waals surface area contributed by atoms with Crippen LogP contribution < -0.4 is 4.90 Å². The number of nitro groups is 1. The predicted molar refractivity (Wildman–Crippen MR) is 110 cm³/mol. The lowest BCUT2D eigenvalue weighted by atomic mass is 10.1. The highest BCUT2D eigenvalue weighted by atomic mass is 32.2. The van der Waals surface area contributed by atoms with Gasteiger partial charge < -0.3 is 4.90 Å². The number of quaternary nitrogens is 1. The number of hydrogen-bond donors (Lipinski definition) is 1. The van der Waals surface area contributed by atoms with E-state index in [1.165, 1.54) is 17.0 Å². The molecule has 1 fully saturated rings. The fourth-order valence-electron chi connectivity index (χ4n) is 3.72. The maximum Gasteiger partial charge on any atom is 0.269 e. The molecular formula is C21H22N3O4S+. The van der Waals surface area contributed by atoms with Crippen molar-refractivity contribution in [1.82, 2.24) is 4.31 Å². The number of sulfonamides is 1. The average Bonchev–Trinajstić information content (AvgIpc) is 2.74. The van der Waals surface area contributed by atoms with Crippen LogP contribution in [0.1, 0.15) is 5.56 Å². The largest absolute Gasteiger partial charge is 0.329 e. The Morgan fingerprint density at radius 3 is 2.24 bits per heavy atom. The second kappa shape index (κ2) is 7.90. The Kier molecular flexibility index (Phi) is 5.31. The zero-order valence-corrected chi connectivity index (χ0v) is 16.6. The predicted octanol–water partition coefficient (Wildman–Crippen LogP) is 1.84. The Morgan fingerprint density at radius 2 is 1.59 bits per heavy atom. The Labute approximate surface area is 169 Å². The van der Waals surface area contributed by atoms with Crippen molar-refractivity contribution in [3.05, 3.63) is 82.4 Å². The van der Waals surface area contributed by atoms with Crippen molar-refractivity contribution in [2.45, 2.75) is 11.4 Å². The summed E-state index contributed by atoms with van der Waals surface area (Å²) in [5.74, 6) is 0. The van der Waals surface area contributed by atoms with Crippen molar-refractivity contribution in [1.29, 1.82) is 0 Å². The molecule has 0 spiro atoms. The lowest BCUT2D eigenvalue weighted by molar-refractivity contribution is -0.917. The minimum Gasteiger partial charge on any atom is -0.329 e. The minimum atomic E-state index is -3.52. The number of nitrogens with one attached hydrogen (secondary N) is 1. The molecule has 1 heterocycles. The summed E-state index contributed by atoms with van der Waals surface area (Å²) >= 11 is 0. The molecule has 0 aliphatic carbocycles. The van der Waals surface area contributed by atoms with Crippen LogP contribution in [-0.4, -0.2) is 43.8 Å². The van der Waals surface area contributed by atoms with Gasteiger partial charge in [0.15, 0.2) is 0 Å². The second-order valence-electron chi connectivity index (χ2n) is 7.26. The summed E-state index contributed by atoms with van der Waals surface area (Å²) in [6, 6.07) is 19.5. The second-order valence-corrected chi connectivity index (χ2v) is 9.20. The standard InChI is InChI=1S/C21H21N3O4S/c25-24(26)20-8-5-17(6-9-20)16-22-11-13-23(14-12-22)29(27,28)21-10-7-18-3-1-2-4-19(18)15-21/h1-10,15H,11-14,16H2/p+1. The van der Waals surface area contributed by atoms with Crippen molar-refractivity contribution in [3.63, 3.8) is 0 Å². The van der Waals surface area contributed by atoms with E-state index in [9.17, 15) is 18.5 Å². The van der Waals surface area contributed by atoms with Gasteiger partial charge in [-0.15, -0.1) is 0 Å². The summed E-state index contributed by atoms with van der Waals surface area (Å²) in [7, 11) is -3.52. The molecule has 0 atom stereocenters. The fourth-order valence-corrected chi connectivity index (χ4v) is 5.20. The van der Waals surface area contributed by atoms with E-state index in [4.69, 9.17) is 0 Å². The van der Waals surface area contributed by atoms with Gasteiger partial charge in [0, 0.05) is 17.7 Å². The van der Waals surface area contributed by atoms with Gasteiger partial charge in [0.2, 0.25) is 10.0 Å². The molecule has 7 nitrogen and oxygen atoms in total. The third kappa shape index (κ3) is 4.14. The molecule has 150 valence electrons. The topological polar surface area (TPSA) is 85.0 Å². The summed E-state index contributed by atoms with van der Waals surface area (Å²) in [5.41, 5.74) is 1.09. The van der Waals surface area contributed by atoms with Gasteiger partial charge in [-0.1, -0.05) is 30.3 Å². The van der Waals surface area contributed by atoms with Crippen molar-refractivity contribution >= 4 is 26.5 Å². The normalized spacial score (nSPS) is 16.1. The van der Waals surface area contributed by atoms with Crippen molar-refractivity contribution in [3.8, 4) is 0 Å². The summed E-state index contributed by atoms with van der Waals surface area (Å²) in [5, 5.41) is 12.7. The lowest BCUT2D eigenvalue weighted by Gasteiger charge is -2.31. The monoisotopic (exact) mass is 412 g/mol. The Balaban J connectivity index is 1.42. The quantitative estimate of drug-likeness (QED) is 0.512. The van der Waals surface area contributed by atoms with Gasteiger partial charge in [0.1, 0.15) is 6.54 Å². The summed E-state index contributed by atoms with van der Waals surface area (Å²) in [6.07, 6.45) is 0. The van der Waals surface area contributed by atoms with E-state index < -0.39 is 14.9 Å². The first-order chi connectivity index (χ1) is 13.9. The zero-order valence-electron chi connectivity index (χ0n) is 15.8. The number of hydrogen-bond acceptors (Lipinski definition) is 4. The number of piperazine rings is 1. The summed E-state index contributed by atoms with van der Waals surface area (Å²) in [4.78, 5) is 11.9. The maximum absolute atomic E-state index is 13.1. The third-order valence-corrected chi connectivity index (χ3v) is 7.28. The van der Waals surface area contributed by atoms with Crippen LogP contribution in [-0.2, 0) is 16.6 Å². The molecule has 0 aromatic heterocycles. The first-order valence-corrected chi connectivity index (χ1v) is 10.9. The maximum atomic E-state index is 13.1. The van der Waals surface area contributed by atoms with Crippen molar-refractivity contribution in [2.24, 2.45) is 0 Å². The van der Waals surface area contributed by atoms with Crippen LogP contribution in [0.25, 0.3) is 10.8 Å². The summed E-state index contributed by atoms with van der Waals surface area (Å²) in [6.45, 7) is 3.03. The molecule has 3 aromatic rings. The van der Waals surface area contributed by atoms with Gasteiger partial charge in [-0.05, 0) is 35.0 Å². The highest BCUT2D eigenvalue weighted by molar-refractivity contribution is 7.89. The van der Waals surface area contributed by atoms with Crippen LogP contribution in [0.15, 0.2) is 71.6 Å². The zero-order chi connectivity index (χ0) is 20.4. The molecule has 0 bridgehead atoms. The molecule has 1 saturated heterocycles. The summed E-state index contributed by atoms with van der Waals surface area (Å²) < 4.78 is 27.7. The van der Waals surface area contributed by atoms with Crippen LogP contribution in [0.3, 0.4) is 0 Å². The molecule has 0 amide bonds. The molecule has 0 unspecified atom stereocenters. The van der Waals surface area contributed by atoms with Gasteiger partial charge in [0.05, 0.1) is 36.0 Å². The molecule has 3 aromatic carbocycles. The number of benzene rings is 3. The first kappa shape index (κ1) is 19.5. The van der Waals surface area contributed by atoms with E-state index in [0.717, 1.165) is 22.9 Å². The van der Waals surface area contributed by atoms with Crippen LogP contribution in [0.5, 0.6) is 0 Å². The number of nitrogens with zero attached hydrogens (tertiary/aromatic N) is 2. The highest BCUT2D eigenvalue weighted by Gasteiger charge is 2.30. The van der Waals surface area contributed by atoms with E-state index in [0.29, 0.717) is 31.1 Å². The van der Waals surface area contributed by atoms with Crippen LogP contribution >= 0.6 is 0 Å². The van der Waals surface area contributed by atoms with Crippen LogP contribution in [0, 0.1) is 10.1 Å². The molecule has 0 radical (unpaired) electrons. The van der Waals surface area contributed by atoms with E-state index in [2.05, 4.69) is 0 Å². The molecule has 1 aliphatic heterocycles. The minimum absolute atomic E-state index is 0.0787. The van der Waals surface area contributed by atoms with Crippen molar-refractivity contribution < 1.29 is 18.2 Å². The average molecular weight is 412 g/mol. The molecule has 8 heteroatoms. The third-order valence-electron chi connectivity index (χ3n) is 5.39. The fraction of sp³-hybridized carbons (Fsp3) is 0.238. The van der Waals surface area contributed by atoms with Crippen LogP contribution in [0.4, 0.5) is 5.69 Å².